The number of imide groups is 1. The molecule has 0 spiro atoms. The van der Waals surface area contributed by atoms with E-state index in [2.05, 4.69) is 22.1 Å². The van der Waals surface area contributed by atoms with E-state index in [0.29, 0.717) is 12.6 Å². The van der Waals surface area contributed by atoms with Gasteiger partial charge in [-0.1, -0.05) is 6.07 Å². The van der Waals surface area contributed by atoms with E-state index >= 15 is 0 Å². The minimum absolute atomic E-state index is 0.213. The summed E-state index contributed by atoms with van der Waals surface area (Å²) in [6.45, 7) is 6.98. The second kappa shape index (κ2) is 6.58. The van der Waals surface area contributed by atoms with Gasteiger partial charge in [0.1, 0.15) is 6.04 Å². The van der Waals surface area contributed by atoms with Crippen LogP contribution in [-0.4, -0.2) is 30.6 Å². The Hall–Kier alpha value is -1.40. The maximum atomic E-state index is 12.0. The summed E-state index contributed by atoms with van der Waals surface area (Å²) in [5.74, 6) is -0.213. The number of rotatable bonds is 3. The predicted molar refractivity (Wildman–Crippen MR) is 83.4 cm³/mol. The van der Waals surface area contributed by atoms with Gasteiger partial charge in [-0.25, -0.2) is 4.79 Å². The van der Waals surface area contributed by atoms with E-state index in [1.807, 2.05) is 26.8 Å². The molecule has 0 aliphatic carbocycles. The molecule has 1 fully saturated rings. The van der Waals surface area contributed by atoms with Crippen LogP contribution in [0.4, 0.5) is 4.79 Å². The molecular weight excluding hydrogens is 286 g/mol. The van der Waals surface area contributed by atoms with Crippen molar-refractivity contribution in [1.82, 2.24) is 10.6 Å². The molecule has 3 amide bonds. The highest BCUT2D eigenvalue weighted by molar-refractivity contribution is 7.10. The molecule has 6 heteroatoms. The summed E-state index contributed by atoms with van der Waals surface area (Å²) in [4.78, 5) is 26.3. The Morgan fingerprint density at radius 2 is 2.19 bits per heavy atom. The first-order chi connectivity index (χ1) is 9.85. The van der Waals surface area contributed by atoms with Crippen molar-refractivity contribution in [2.45, 2.75) is 45.2 Å². The van der Waals surface area contributed by atoms with Crippen LogP contribution < -0.4 is 15.5 Å². The highest BCUT2D eigenvalue weighted by Gasteiger charge is 2.32. The Balaban J connectivity index is 1.86. The van der Waals surface area contributed by atoms with E-state index in [9.17, 15) is 9.59 Å². The molecule has 1 aromatic heterocycles. The van der Waals surface area contributed by atoms with Crippen LogP contribution in [0.25, 0.3) is 0 Å². The van der Waals surface area contributed by atoms with Gasteiger partial charge in [-0.2, -0.15) is 0 Å². The quantitative estimate of drug-likeness (QED) is 0.783. The largest absolute Gasteiger partial charge is 0.333 e. The topological polar surface area (TPSA) is 62.6 Å². The predicted octanol–water partition coefficient (Wildman–Crippen LogP) is 1.09. The van der Waals surface area contributed by atoms with Crippen molar-refractivity contribution < 1.29 is 14.5 Å². The number of carbonyl (C=O) groups excluding carboxylic acids is 2. The number of hydrogen-bond donors (Lipinski definition) is 3. The number of urea groups is 1. The van der Waals surface area contributed by atoms with E-state index in [1.54, 1.807) is 11.3 Å². The second-order valence-electron chi connectivity index (χ2n) is 6.55. The Morgan fingerprint density at radius 1 is 1.43 bits per heavy atom. The summed E-state index contributed by atoms with van der Waals surface area (Å²) >= 11 is 1.74. The zero-order valence-electron chi connectivity index (χ0n) is 12.9. The molecule has 5 nitrogen and oxygen atoms in total. The lowest BCUT2D eigenvalue weighted by molar-refractivity contribution is -0.910. The maximum Gasteiger partial charge on any atom is 0.322 e. The van der Waals surface area contributed by atoms with Gasteiger partial charge in [0, 0.05) is 18.4 Å². The summed E-state index contributed by atoms with van der Waals surface area (Å²) in [6.07, 6.45) is 2.23. The first kappa shape index (κ1) is 16.0. The molecule has 1 aliphatic rings. The Kier molecular flexibility index (Phi) is 5.00. The minimum atomic E-state index is -0.418. The summed E-state index contributed by atoms with van der Waals surface area (Å²) in [7, 11) is 0. The highest BCUT2D eigenvalue weighted by Crippen LogP contribution is 2.23. The van der Waals surface area contributed by atoms with Gasteiger partial charge in [0.15, 0.2) is 6.54 Å². The van der Waals surface area contributed by atoms with Crippen molar-refractivity contribution in [3.05, 3.63) is 22.4 Å². The fraction of sp³-hybridized carbons (Fsp3) is 0.600. The van der Waals surface area contributed by atoms with Gasteiger partial charge < -0.3 is 10.2 Å². The molecule has 0 bridgehead atoms. The first-order valence-corrected chi connectivity index (χ1v) is 8.23. The van der Waals surface area contributed by atoms with Gasteiger partial charge in [0.05, 0.1) is 11.4 Å². The molecule has 0 aromatic carbocycles. The van der Waals surface area contributed by atoms with Crippen LogP contribution in [0.5, 0.6) is 0 Å². The molecule has 1 aromatic rings. The van der Waals surface area contributed by atoms with E-state index in [0.717, 1.165) is 19.4 Å². The lowest BCUT2D eigenvalue weighted by atomic mass is 10.1. The van der Waals surface area contributed by atoms with Gasteiger partial charge >= 0.3 is 6.03 Å². The third kappa shape index (κ3) is 4.82. The number of carbonyl (C=O) groups is 2. The van der Waals surface area contributed by atoms with Crippen molar-refractivity contribution in [1.29, 1.82) is 0 Å². The van der Waals surface area contributed by atoms with Crippen molar-refractivity contribution in [3.8, 4) is 0 Å². The zero-order chi connectivity index (χ0) is 15.5. The molecule has 2 atom stereocenters. The third-order valence-electron chi connectivity index (χ3n) is 3.50. The molecule has 116 valence electrons. The first-order valence-electron chi connectivity index (χ1n) is 7.35. The molecule has 1 saturated heterocycles. The van der Waals surface area contributed by atoms with Gasteiger partial charge in [0.2, 0.25) is 0 Å². The second-order valence-corrected chi connectivity index (χ2v) is 7.53. The molecule has 0 saturated carbocycles. The lowest BCUT2D eigenvalue weighted by Gasteiger charge is -2.22. The van der Waals surface area contributed by atoms with E-state index in [4.69, 9.17) is 0 Å². The van der Waals surface area contributed by atoms with Crippen LogP contribution in [-0.2, 0) is 4.79 Å². The standard InChI is InChI=1S/C15H23N3O2S/c1-15(2,3)17-14(20)16-13(19)10-18-8-4-6-11(18)12-7-5-9-21-12/h5,7,9,11H,4,6,8,10H2,1-3H3,(H2,16,17,19,20)/p+1/t11-/m1/s1. The number of quaternary nitrogens is 1. The normalized spacial score (nSPS) is 22.0. The summed E-state index contributed by atoms with van der Waals surface area (Å²) in [5.41, 5.74) is -0.343. The van der Waals surface area contributed by atoms with Crippen LogP contribution >= 0.6 is 11.3 Å². The van der Waals surface area contributed by atoms with Gasteiger partial charge in [-0.05, 0) is 32.2 Å². The van der Waals surface area contributed by atoms with Gasteiger partial charge in [-0.15, -0.1) is 11.3 Å². The number of thiophene rings is 1. The number of likely N-dealkylation sites (tertiary alicyclic amines) is 1. The van der Waals surface area contributed by atoms with Crippen LogP contribution in [0.15, 0.2) is 17.5 Å². The van der Waals surface area contributed by atoms with Crippen molar-refractivity contribution in [2.24, 2.45) is 0 Å². The smallest absolute Gasteiger partial charge is 0.322 e. The van der Waals surface area contributed by atoms with E-state index < -0.39 is 6.03 Å². The molecule has 1 aliphatic heterocycles. The number of hydrogen-bond acceptors (Lipinski definition) is 3. The SMILES string of the molecule is CC(C)(C)NC(=O)NC(=O)C[NH+]1CCC[C@@H]1c1cccs1. The monoisotopic (exact) mass is 310 g/mol. The molecule has 0 radical (unpaired) electrons. The zero-order valence-corrected chi connectivity index (χ0v) is 13.7. The summed E-state index contributed by atoms with van der Waals surface area (Å²) < 4.78 is 0. The van der Waals surface area contributed by atoms with E-state index in [1.165, 1.54) is 9.78 Å². The Bertz CT molecular complexity index is 494. The van der Waals surface area contributed by atoms with Crippen molar-refractivity contribution >= 4 is 23.3 Å². The summed E-state index contributed by atoms with van der Waals surface area (Å²) in [6, 6.07) is 4.15. The van der Waals surface area contributed by atoms with Crippen LogP contribution in [0.1, 0.15) is 44.5 Å². The van der Waals surface area contributed by atoms with Crippen LogP contribution in [0, 0.1) is 0 Å². The molecule has 1 unspecified atom stereocenters. The van der Waals surface area contributed by atoms with Crippen LogP contribution in [0.3, 0.4) is 0 Å². The number of nitrogens with one attached hydrogen (secondary N) is 3. The molecule has 21 heavy (non-hydrogen) atoms. The molecular formula is C15H24N3O2S+. The number of amides is 3. The van der Waals surface area contributed by atoms with Crippen molar-refractivity contribution in [2.75, 3.05) is 13.1 Å². The Morgan fingerprint density at radius 3 is 2.81 bits per heavy atom. The van der Waals surface area contributed by atoms with Gasteiger partial charge in [0.25, 0.3) is 5.91 Å². The lowest BCUT2D eigenvalue weighted by Crippen LogP contribution is -3.11. The average Bonchev–Trinajstić information content (AvgIpc) is 2.94. The Labute approximate surface area is 129 Å². The van der Waals surface area contributed by atoms with Crippen LogP contribution in [0.2, 0.25) is 0 Å². The minimum Gasteiger partial charge on any atom is -0.333 e. The third-order valence-corrected chi connectivity index (χ3v) is 4.49. The molecule has 2 rings (SSSR count). The van der Waals surface area contributed by atoms with E-state index in [-0.39, 0.29) is 11.4 Å². The summed E-state index contributed by atoms with van der Waals surface area (Å²) in [5, 5.41) is 7.23. The molecule has 3 N–H and O–H groups in total. The molecule has 2 heterocycles. The highest BCUT2D eigenvalue weighted by atomic mass is 32.1. The maximum absolute atomic E-state index is 12.0. The fourth-order valence-corrected chi connectivity index (χ4v) is 3.63. The van der Waals surface area contributed by atoms with Crippen molar-refractivity contribution in [3.63, 3.8) is 0 Å². The van der Waals surface area contributed by atoms with Gasteiger partial charge in [-0.3, -0.25) is 10.1 Å². The fourth-order valence-electron chi connectivity index (χ4n) is 2.71. The average molecular weight is 310 g/mol.